The largest absolute Gasteiger partial charge is 0.377 e. The zero-order valence-electron chi connectivity index (χ0n) is 8.10. The van der Waals surface area contributed by atoms with E-state index in [4.69, 9.17) is 10.5 Å². The monoisotopic (exact) mass is 169 g/mol. The second kappa shape index (κ2) is 4.63. The first kappa shape index (κ1) is 9.75. The maximum atomic E-state index is 5.61. The molecule has 1 fully saturated rings. The molecule has 1 aliphatic rings. The van der Waals surface area contributed by atoms with Crippen LogP contribution in [-0.4, -0.2) is 19.8 Å². The van der Waals surface area contributed by atoms with Crippen molar-refractivity contribution >= 4 is 0 Å². The molecule has 2 N–H and O–H groups in total. The van der Waals surface area contributed by atoms with E-state index >= 15 is 0 Å². The van der Waals surface area contributed by atoms with E-state index in [0.29, 0.717) is 12.6 Å². The van der Waals surface area contributed by atoms with E-state index in [9.17, 15) is 0 Å². The molecular formula is C10H19NO. The smallest absolute Gasteiger partial charge is 0.0784 e. The van der Waals surface area contributed by atoms with Crippen LogP contribution in [-0.2, 0) is 4.74 Å². The molecule has 0 amide bonds. The molecule has 0 spiro atoms. The molecule has 1 rings (SSSR count). The van der Waals surface area contributed by atoms with E-state index in [1.165, 1.54) is 36.8 Å². The molecule has 70 valence electrons. The molecule has 0 aromatic carbocycles. The average molecular weight is 169 g/mol. The van der Waals surface area contributed by atoms with E-state index in [-0.39, 0.29) is 0 Å². The molecule has 0 aromatic heterocycles. The number of rotatable bonds is 2. The van der Waals surface area contributed by atoms with Gasteiger partial charge in [0.15, 0.2) is 0 Å². The molecule has 1 aliphatic carbocycles. The van der Waals surface area contributed by atoms with Gasteiger partial charge in [-0.1, -0.05) is 12.0 Å². The highest BCUT2D eigenvalue weighted by molar-refractivity contribution is 5.19. The molecule has 2 heteroatoms. The van der Waals surface area contributed by atoms with Gasteiger partial charge in [0.2, 0.25) is 0 Å². The lowest BCUT2D eigenvalue weighted by Crippen LogP contribution is -2.21. The molecule has 0 aromatic rings. The second-order valence-electron chi connectivity index (χ2n) is 3.48. The Labute approximate surface area is 74.8 Å². The van der Waals surface area contributed by atoms with Crippen molar-refractivity contribution in [2.75, 3.05) is 13.7 Å². The normalized spacial score (nSPS) is 28.8. The number of hydrogen-bond acceptors (Lipinski definition) is 2. The van der Waals surface area contributed by atoms with Crippen molar-refractivity contribution in [2.24, 2.45) is 5.73 Å². The minimum absolute atomic E-state index is 0.349. The fraction of sp³-hybridized carbons (Fsp3) is 0.800. The van der Waals surface area contributed by atoms with Gasteiger partial charge in [0.25, 0.3) is 0 Å². The Morgan fingerprint density at radius 1 is 1.58 bits per heavy atom. The van der Waals surface area contributed by atoms with Crippen LogP contribution >= 0.6 is 0 Å². The summed E-state index contributed by atoms with van der Waals surface area (Å²) >= 11 is 0. The van der Waals surface area contributed by atoms with Crippen LogP contribution in [0.2, 0.25) is 0 Å². The summed E-state index contributed by atoms with van der Waals surface area (Å²) in [5.74, 6) is 0. The van der Waals surface area contributed by atoms with Crippen molar-refractivity contribution in [3.8, 4) is 0 Å². The molecule has 0 aliphatic heterocycles. The van der Waals surface area contributed by atoms with Gasteiger partial charge in [0.05, 0.1) is 6.10 Å². The minimum atomic E-state index is 0.349. The molecule has 12 heavy (non-hydrogen) atoms. The first-order valence-electron chi connectivity index (χ1n) is 4.71. The molecule has 0 radical (unpaired) electrons. The SMILES string of the molecule is COC1CCCC/C1=C(/C)CN. The van der Waals surface area contributed by atoms with Gasteiger partial charge in [-0.25, -0.2) is 0 Å². The predicted molar refractivity (Wildman–Crippen MR) is 51.0 cm³/mol. The molecule has 1 saturated carbocycles. The third kappa shape index (κ3) is 2.08. The van der Waals surface area contributed by atoms with Gasteiger partial charge >= 0.3 is 0 Å². The zero-order chi connectivity index (χ0) is 8.97. The van der Waals surface area contributed by atoms with Gasteiger partial charge in [-0.15, -0.1) is 0 Å². The Morgan fingerprint density at radius 2 is 2.33 bits per heavy atom. The predicted octanol–water partition coefficient (Wildman–Crippen LogP) is 1.85. The van der Waals surface area contributed by atoms with Crippen LogP contribution in [0.5, 0.6) is 0 Å². The van der Waals surface area contributed by atoms with Crippen LogP contribution in [0.3, 0.4) is 0 Å². The number of ether oxygens (including phenoxy) is 1. The van der Waals surface area contributed by atoms with Crippen LogP contribution in [0, 0.1) is 0 Å². The van der Waals surface area contributed by atoms with Crippen molar-refractivity contribution in [1.82, 2.24) is 0 Å². The summed E-state index contributed by atoms with van der Waals surface area (Å²) in [6, 6.07) is 0. The lowest BCUT2D eigenvalue weighted by Gasteiger charge is -2.26. The molecule has 1 unspecified atom stereocenters. The van der Waals surface area contributed by atoms with Crippen molar-refractivity contribution < 1.29 is 4.74 Å². The Balaban J connectivity index is 2.70. The van der Waals surface area contributed by atoms with Crippen molar-refractivity contribution in [3.63, 3.8) is 0 Å². The first-order chi connectivity index (χ1) is 5.79. The lowest BCUT2D eigenvalue weighted by atomic mass is 9.89. The van der Waals surface area contributed by atoms with Crippen molar-refractivity contribution in [2.45, 2.75) is 38.7 Å². The average Bonchev–Trinajstić information content (AvgIpc) is 2.16. The summed E-state index contributed by atoms with van der Waals surface area (Å²) in [4.78, 5) is 0. The Kier molecular flexibility index (Phi) is 3.76. The topological polar surface area (TPSA) is 35.2 Å². The summed E-state index contributed by atoms with van der Waals surface area (Å²) in [7, 11) is 1.79. The van der Waals surface area contributed by atoms with Crippen LogP contribution in [0.1, 0.15) is 32.6 Å². The summed E-state index contributed by atoms with van der Waals surface area (Å²) in [6.07, 6.45) is 5.29. The zero-order valence-corrected chi connectivity index (χ0v) is 8.10. The highest BCUT2D eigenvalue weighted by Crippen LogP contribution is 2.27. The van der Waals surface area contributed by atoms with E-state index in [0.717, 1.165) is 0 Å². The van der Waals surface area contributed by atoms with Gasteiger partial charge in [0, 0.05) is 13.7 Å². The summed E-state index contributed by atoms with van der Waals surface area (Å²) < 4.78 is 5.41. The Bertz CT molecular complexity index is 175. The number of nitrogens with two attached hydrogens (primary N) is 1. The van der Waals surface area contributed by atoms with E-state index in [1.54, 1.807) is 7.11 Å². The summed E-state index contributed by atoms with van der Waals surface area (Å²) in [6.45, 7) is 2.79. The third-order valence-corrected chi connectivity index (χ3v) is 2.69. The molecule has 2 nitrogen and oxygen atoms in total. The Morgan fingerprint density at radius 3 is 2.92 bits per heavy atom. The highest BCUT2D eigenvalue weighted by atomic mass is 16.5. The van der Waals surface area contributed by atoms with Crippen molar-refractivity contribution in [1.29, 1.82) is 0 Å². The van der Waals surface area contributed by atoms with Crippen LogP contribution in [0.25, 0.3) is 0 Å². The van der Waals surface area contributed by atoms with E-state index in [1.807, 2.05) is 0 Å². The first-order valence-corrected chi connectivity index (χ1v) is 4.71. The standard InChI is InChI=1S/C10H19NO/c1-8(7-11)9-5-3-4-6-10(9)12-2/h10H,3-7,11H2,1-2H3/b9-8+. The molecular weight excluding hydrogens is 150 g/mol. The number of methoxy groups -OCH3 is 1. The number of hydrogen-bond donors (Lipinski definition) is 1. The summed E-state index contributed by atoms with van der Waals surface area (Å²) in [5, 5.41) is 0. The van der Waals surface area contributed by atoms with Gasteiger partial charge < -0.3 is 10.5 Å². The molecule has 0 heterocycles. The maximum absolute atomic E-state index is 5.61. The fourth-order valence-corrected chi connectivity index (χ4v) is 1.86. The van der Waals surface area contributed by atoms with Gasteiger partial charge in [-0.05, 0) is 31.8 Å². The third-order valence-electron chi connectivity index (χ3n) is 2.69. The van der Waals surface area contributed by atoms with E-state index in [2.05, 4.69) is 6.92 Å². The van der Waals surface area contributed by atoms with Crippen LogP contribution in [0.4, 0.5) is 0 Å². The van der Waals surface area contributed by atoms with Crippen LogP contribution in [0.15, 0.2) is 11.1 Å². The van der Waals surface area contributed by atoms with Gasteiger partial charge in [0.1, 0.15) is 0 Å². The molecule has 0 saturated heterocycles. The molecule has 1 atom stereocenters. The molecule has 0 bridgehead atoms. The minimum Gasteiger partial charge on any atom is -0.377 e. The van der Waals surface area contributed by atoms with Gasteiger partial charge in [-0.2, -0.15) is 0 Å². The highest BCUT2D eigenvalue weighted by Gasteiger charge is 2.19. The maximum Gasteiger partial charge on any atom is 0.0784 e. The quantitative estimate of drug-likeness (QED) is 0.640. The van der Waals surface area contributed by atoms with Gasteiger partial charge in [-0.3, -0.25) is 0 Å². The fourth-order valence-electron chi connectivity index (χ4n) is 1.86. The second-order valence-corrected chi connectivity index (χ2v) is 3.48. The lowest BCUT2D eigenvalue weighted by molar-refractivity contribution is 0.108. The Hall–Kier alpha value is -0.340. The van der Waals surface area contributed by atoms with E-state index < -0.39 is 0 Å². The van der Waals surface area contributed by atoms with Crippen LogP contribution < -0.4 is 5.73 Å². The van der Waals surface area contributed by atoms with Crippen molar-refractivity contribution in [3.05, 3.63) is 11.1 Å². The summed E-state index contributed by atoms with van der Waals surface area (Å²) in [5.41, 5.74) is 8.38.